The van der Waals surface area contributed by atoms with Crippen molar-refractivity contribution in [2.24, 2.45) is 0 Å². The lowest BCUT2D eigenvalue weighted by molar-refractivity contribution is 0.385. The van der Waals surface area contributed by atoms with Crippen LogP contribution < -0.4 is 11.2 Å². The number of aromatic nitrogens is 2. The van der Waals surface area contributed by atoms with E-state index in [0.29, 0.717) is 5.69 Å². The van der Waals surface area contributed by atoms with E-state index in [1.54, 1.807) is 24.3 Å². The SMILES string of the molecule is CC(C)(C)c1ccccc1-n1c(O)c(F)c(=O)[nH]c1=O. The molecule has 0 fully saturated rings. The van der Waals surface area contributed by atoms with Gasteiger partial charge in [0, 0.05) is 0 Å². The van der Waals surface area contributed by atoms with Crippen LogP contribution in [0.1, 0.15) is 26.3 Å². The molecule has 2 aromatic rings. The number of H-pyrrole nitrogens is 1. The van der Waals surface area contributed by atoms with Crippen molar-refractivity contribution in [3.8, 4) is 11.6 Å². The molecule has 0 aliphatic rings. The molecule has 0 bridgehead atoms. The minimum absolute atomic E-state index is 0.324. The molecule has 0 aliphatic heterocycles. The van der Waals surface area contributed by atoms with Crippen LogP contribution in [0.4, 0.5) is 4.39 Å². The first-order valence-electron chi connectivity index (χ1n) is 6.07. The Morgan fingerprint density at radius 2 is 1.80 bits per heavy atom. The fraction of sp³-hybridized carbons (Fsp3) is 0.286. The molecule has 1 aromatic carbocycles. The largest absolute Gasteiger partial charge is 0.492 e. The van der Waals surface area contributed by atoms with Gasteiger partial charge in [-0.2, -0.15) is 4.39 Å². The summed E-state index contributed by atoms with van der Waals surface area (Å²) in [6, 6.07) is 6.82. The lowest BCUT2D eigenvalue weighted by atomic mass is 9.86. The number of aromatic amines is 1. The van der Waals surface area contributed by atoms with E-state index in [1.807, 2.05) is 25.8 Å². The van der Waals surface area contributed by atoms with Gasteiger partial charge in [0.25, 0.3) is 5.56 Å². The molecule has 20 heavy (non-hydrogen) atoms. The van der Waals surface area contributed by atoms with Crippen LogP contribution in [0.3, 0.4) is 0 Å². The number of para-hydroxylation sites is 1. The van der Waals surface area contributed by atoms with Gasteiger partial charge in [-0.05, 0) is 17.0 Å². The molecule has 5 nitrogen and oxygen atoms in total. The van der Waals surface area contributed by atoms with Gasteiger partial charge < -0.3 is 5.11 Å². The predicted molar refractivity (Wildman–Crippen MR) is 73.0 cm³/mol. The normalized spacial score (nSPS) is 11.6. The van der Waals surface area contributed by atoms with Crippen molar-refractivity contribution in [2.75, 3.05) is 0 Å². The first-order chi connectivity index (χ1) is 9.23. The van der Waals surface area contributed by atoms with Gasteiger partial charge in [-0.25, -0.2) is 9.36 Å². The summed E-state index contributed by atoms with van der Waals surface area (Å²) in [6.45, 7) is 5.78. The molecule has 0 amide bonds. The van der Waals surface area contributed by atoms with Gasteiger partial charge >= 0.3 is 5.69 Å². The van der Waals surface area contributed by atoms with Gasteiger partial charge in [0.05, 0.1) is 5.69 Å². The summed E-state index contributed by atoms with van der Waals surface area (Å²) in [7, 11) is 0. The number of nitrogens with one attached hydrogen (secondary N) is 1. The average Bonchev–Trinajstić information content (AvgIpc) is 2.35. The number of hydrogen-bond acceptors (Lipinski definition) is 3. The zero-order valence-electron chi connectivity index (χ0n) is 11.4. The second kappa shape index (κ2) is 4.63. The van der Waals surface area contributed by atoms with E-state index >= 15 is 0 Å². The first kappa shape index (κ1) is 14.0. The Bertz CT molecular complexity index is 769. The molecule has 0 saturated carbocycles. The van der Waals surface area contributed by atoms with Crippen LogP contribution >= 0.6 is 0 Å². The maximum atomic E-state index is 13.5. The maximum Gasteiger partial charge on any atom is 0.335 e. The van der Waals surface area contributed by atoms with Crippen molar-refractivity contribution in [3.05, 3.63) is 56.5 Å². The van der Waals surface area contributed by atoms with Crippen LogP contribution in [-0.4, -0.2) is 14.7 Å². The summed E-state index contributed by atoms with van der Waals surface area (Å²) in [6.07, 6.45) is 0. The summed E-state index contributed by atoms with van der Waals surface area (Å²) in [5, 5.41) is 9.77. The maximum absolute atomic E-state index is 13.5. The smallest absolute Gasteiger partial charge is 0.335 e. The van der Waals surface area contributed by atoms with Crippen LogP contribution in [0, 0.1) is 5.82 Å². The van der Waals surface area contributed by atoms with Gasteiger partial charge in [-0.1, -0.05) is 39.0 Å². The molecular weight excluding hydrogens is 263 g/mol. The molecule has 0 aliphatic carbocycles. The number of aromatic hydroxyl groups is 1. The second-order valence-corrected chi connectivity index (χ2v) is 5.50. The zero-order chi connectivity index (χ0) is 15.1. The van der Waals surface area contributed by atoms with E-state index in [0.717, 1.165) is 10.1 Å². The summed E-state index contributed by atoms with van der Waals surface area (Å²) in [4.78, 5) is 24.8. The topological polar surface area (TPSA) is 75.1 Å². The van der Waals surface area contributed by atoms with E-state index in [2.05, 4.69) is 0 Å². The standard InChI is InChI=1S/C14H15FN2O3/c1-14(2,3)8-6-4-5-7-9(8)17-12(19)10(15)11(18)16-13(17)20/h4-7,19H,1-3H3,(H,16,18,20). The van der Waals surface area contributed by atoms with Crippen LogP contribution in [0.5, 0.6) is 5.88 Å². The third kappa shape index (κ3) is 2.24. The fourth-order valence-corrected chi connectivity index (χ4v) is 2.03. The van der Waals surface area contributed by atoms with Gasteiger partial charge in [0.1, 0.15) is 0 Å². The van der Waals surface area contributed by atoms with Gasteiger partial charge in [-0.15, -0.1) is 0 Å². The van der Waals surface area contributed by atoms with Gasteiger partial charge in [0.15, 0.2) is 0 Å². The Balaban J connectivity index is 2.87. The van der Waals surface area contributed by atoms with Crippen molar-refractivity contribution in [1.82, 2.24) is 9.55 Å². The van der Waals surface area contributed by atoms with Crippen molar-refractivity contribution in [3.63, 3.8) is 0 Å². The summed E-state index contributed by atoms with van der Waals surface area (Å²) < 4.78 is 14.3. The minimum atomic E-state index is -1.38. The molecule has 0 unspecified atom stereocenters. The van der Waals surface area contributed by atoms with E-state index in [1.165, 1.54) is 0 Å². The van der Waals surface area contributed by atoms with Crippen molar-refractivity contribution < 1.29 is 9.50 Å². The van der Waals surface area contributed by atoms with Crippen molar-refractivity contribution in [2.45, 2.75) is 26.2 Å². The molecule has 0 spiro atoms. The third-order valence-electron chi connectivity index (χ3n) is 2.98. The van der Waals surface area contributed by atoms with Gasteiger partial charge in [0.2, 0.25) is 11.7 Å². The average molecular weight is 278 g/mol. The fourth-order valence-electron chi connectivity index (χ4n) is 2.03. The molecular formula is C14H15FN2O3. The van der Waals surface area contributed by atoms with Crippen LogP contribution in [0.25, 0.3) is 5.69 Å². The monoisotopic (exact) mass is 278 g/mol. The Morgan fingerprint density at radius 3 is 2.40 bits per heavy atom. The minimum Gasteiger partial charge on any atom is -0.492 e. The van der Waals surface area contributed by atoms with Crippen LogP contribution in [0.2, 0.25) is 0 Å². The van der Waals surface area contributed by atoms with Crippen molar-refractivity contribution in [1.29, 1.82) is 0 Å². The van der Waals surface area contributed by atoms with Crippen molar-refractivity contribution >= 4 is 0 Å². The number of rotatable bonds is 1. The quantitative estimate of drug-likeness (QED) is 0.833. The van der Waals surface area contributed by atoms with E-state index in [4.69, 9.17) is 0 Å². The first-order valence-corrected chi connectivity index (χ1v) is 6.07. The molecule has 1 aromatic heterocycles. The third-order valence-corrected chi connectivity index (χ3v) is 2.98. The zero-order valence-corrected chi connectivity index (χ0v) is 11.4. The Morgan fingerprint density at radius 1 is 1.20 bits per heavy atom. The number of halogens is 1. The summed E-state index contributed by atoms with van der Waals surface area (Å²) in [5.41, 5.74) is -1.38. The molecule has 2 rings (SSSR count). The summed E-state index contributed by atoms with van der Waals surface area (Å²) in [5.74, 6) is -2.37. The molecule has 0 radical (unpaired) electrons. The van der Waals surface area contributed by atoms with E-state index in [9.17, 15) is 19.1 Å². The Labute approximate surface area is 114 Å². The summed E-state index contributed by atoms with van der Waals surface area (Å²) >= 11 is 0. The lowest BCUT2D eigenvalue weighted by Gasteiger charge is -2.23. The molecule has 2 N–H and O–H groups in total. The number of hydrogen-bond donors (Lipinski definition) is 2. The highest BCUT2D eigenvalue weighted by Gasteiger charge is 2.22. The Kier molecular flexibility index (Phi) is 3.25. The highest BCUT2D eigenvalue weighted by atomic mass is 19.1. The molecule has 6 heteroatoms. The van der Waals surface area contributed by atoms with E-state index in [-0.39, 0.29) is 5.41 Å². The molecule has 0 saturated heterocycles. The van der Waals surface area contributed by atoms with E-state index < -0.39 is 22.9 Å². The van der Waals surface area contributed by atoms with Gasteiger partial charge in [-0.3, -0.25) is 9.78 Å². The predicted octanol–water partition coefficient (Wildman–Crippen LogP) is 1.67. The number of nitrogens with zero attached hydrogens (tertiary/aromatic N) is 1. The molecule has 0 atom stereocenters. The second-order valence-electron chi connectivity index (χ2n) is 5.50. The molecule has 1 heterocycles. The highest BCUT2D eigenvalue weighted by molar-refractivity contribution is 5.46. The number of benzene rings is 1. The Hall–Kier alpha value is -2.37. The van der Waals surface area contributed by atoms with Crippen LogP contribution in [-0.2, 0) is 5.41 Å². The highest BCUT2D eigenvalue weighted by Crippen LogP contribution is 2.29. The van der Waals surface area contributed by atoms with Crippen LogP contribution in [0.15, 0.2) is 33.9 Å². The lowest BCUT2D eigenvalue weighted by Crippen LogP contribution is -2.32. The molecule has 106 valence electrons.